The fraction of sp³-hybridized carbons (Fsp3) is 0.188. The van der Waals surface area contributed by atoms with Gasteiger partial charge in [0, 0.05) is 21.9 Å². The Balaban J connectivity index is 1.86. The molecule has 0 amide bonds. The summed E-state index contributed by atoms with van der Waals surface area (Å²) in [5.41, 5.74) is 0.299. The van der Waals surface area contributed by atoms with E-state index < -0.39 is 15.8 Å². The van der Waals surface area contributed by atoms with Crippen LogP contribution in [0.2, 0.25) is 10.0 Å². The lowest BCUT2D eigenvalue weighted by atomic mass is 10.2. The zero-order valence-electron chi connectivity index (χ0n) is 12.7. The van der Waals surface area contributed by atoms with Crippen LogP contribution in [0.3, 0.4) is 0 Å². The van der Waals surface area contributed by atoms with Crippen molar-refractivity contribution in [3.8, 4) is 0 Å². The van der Waals surface area contributed by atoms with Crippen molar-refractivity contribution >= 4 is 50.8 Å². The molecule has 4 nitrogen and oxygen atoms in total. The first-order valence-electron chi connectivity index (χ1n) is 6.82. The number of sulfone groups is 1. The van der Waals surface area contributed by atoms with Crippen molar-refractivity contribution in [1.82, 2.24) is 0 Å². The molecule has 0 saturated heterocycles. The van der Waals surface area contributed by atoms with Gasteiger partial charge in [0.15, 0.2) is 9.84 Å². The molecule has 0 fully saturated rings. The number of esters is 1. The van der Waals surface area contributed by atoms with Crippen LogP contribution in [0.4, 0.5) is 0 Å². The van der Waals surface area contributed by atoms with Crippen LogP contribution in [0, 0.1) is 0 Å². The summed E-state index contributed by atoms with van der Waals surface area (Å²) in [6.45, 7) is 0.195. The number of carbonyl (C=O) groups is 1. The van der Waals surface area contributed by atoms with Gasteiger partial charge in [0.1, 0.15) is 6.61 Å². The van der Waals surface area contributed by atoms with Gasteiger partial charge in [-0.2, -0.15) is 0 Å². The minimum Gasteiger partial charge on any atom is -0.461 e. The summed E-state index contributed by atoms with van der Waals surface area (Å²) >= 11 is 13.4. The van der Waals surface area contributed by atoms with E-state index in [1.807, 2.05) is 0 Å². The van der Waals surface area contributed by atoms with Gasteiger partial charge in [0.05, 0.1) is 15.5 Å². The molecule has 2 aromatic rings. The van der Waals surface area contributed by atoms with Gasteiger partial charge in [-0.1, -0.05) is 23.2 Å². The average molecular weight is 405 g/mol. The van der Waals surface area contributed by atoms with E-state index in [0.29, 0.717) is 21.4 Å². The highest BCUT2D eigenvalue weighted by Crippen LogP contribution is 2.29. The van der Waals surface area contributed by atoms with Crippen LogP contribution in [0.15, 0.2) is 52.3 Å². The maximum Gasteiger partial charge on any atom is 0.338 e. The van der Waals surface area contributed by atoms with E-state index in [0.717, 1.165) is 11.2 Å². The lowest BCUT2D eigenvalue weighted by Crippen LogP contribution is -2.08. The van der Waals surface area contributed by atoms with Crippen LogP contribution in [-0.4, -0.2) is 33.0 Å². The molecule has 0 atom stereocenters. The fourth-order valence-corrected chi connectivity index (χ4v) is 3.75. The molecule has 0 aliphatic carbocycles. The molecule has 8 heteroatoms. The molecule has 0 heterocycles. The molecule has 2 aromatic carbocycles. The minimum atomic E-state index is -3.28. The second-order valence-electron chi connectivity index (χ2n) is 4.86. The molecule has 0 aliphatic rings. The number of halogens is 2. The van der Waals surface area contributed by atoms with Crippen LogP contribution in [0.5, 0.6) is 0 Å². The summed E-state index contributed by atoms with van der Waals surface area (Å²) in [5.74, 6) is 0.0144. The topological polar surface area (TPSA) is 60.4 Å². The largest absolute Gasteiger partial charge is 0.461 e. The van der Waals surface area contributed by atoms with E-state index in [-0.39, 0.29) is 11.5 Å². The first-order valence-corrected chi connectivity index (χ1v) is 10.5. The second kappa shape index (κ2) is 8.25. The Morgan fingerprint density at radius 1 is 1.12 bits per heavy atom. The molecule has 24 heavy (non-hydrogen) atoms. The van der Waals surface area contributed by atoms with Crippen LogP contribution >= 0.6 is 35.0 Å². The number of carbonyl (C=O) groups excluding carboxylic acids is 1. The fourth-order valence-electron chi connectivity index (χ4n) is 1.80. The normalized spacial score (nSPS) is 11.3. The molecule has 0 radical (unpaired) electrons. The number of thioether (sulfide) groups is 1. The SMILES string of the molecule is CS(=O)(=O)c1ccc(C(=O)OCCSc2cc(Cl)ccc2Cl)cc1. The highest BCUT2D eigenvalue weighted by Gasteiger charge is 2.11. The Morgan fingerprint density at radius 2 is 1.79 bits per heavy atom. The predicted molar refractivity (Wildman–Crippen MR) is 97.0 cm³/mol. The smallest absolute Gasteiger partial charge is 0.338 e. The molecule has 0 saturated carbocycles. The minimum absolute atomic E-state index is 0.158. The van der Waals surface area contributed by atoms with Crippen molar-refractivity contribution in [1.29, 1.82) is 0 Å². The number of hydrogen-bond donors (Lipinski definition) is 0. The van der Waals surface area contributed by atoms with Gasteiger partial charge in [-0.25, -0.2) is 13.2 Å². The Hall–Kier alpha value is -1.21. The van der Waals surface area contributed by atoms with Gasteiger partial charge in [-0.15, -0.1) is 11.8 Å². The monoisotopic (exact) mass is 404 g/mol. The molecule has 0 unspecified atom stereocenters. The highest BCUT2D eigenvalue weighted by atomic mass is 35.5. The summed E-state index contributed by atoms with van der Waals surface area (Å²) in [4.78, 5) is 12.9. The Bertz CT molecular complexity index is 834. The van der Waals surface area contributed by atoms with E-state index in [1.165, 1.54) is 36.0 Å². The molecule has 0 bridgehead atoms. The maximum atomic E-state index is 11.9. The molecule has 0 spiro atoms. The van der Waals surface area contributed by atoms with E-state index in [9.17, 15) is 13.2 Å². The van der Waals surface area contributed by atoms with Crippen molar-refractivity contribution in [3.63, 3.8) is 0 Å². The van der Waals surface area contributed by atoms with Crippen molar-refractivity contribution in [2.45, 2.75) is 9.79 Å². The molecule has 0 aromatic heterocycles. The molecule has 128 valence electrons. The lowest BCUT2D eigenvalue weighted by molar-refractivity contribution is 0.0530. The number of hydrogen-bond acceptors (Lipinski definition) is 5. The molecule has 2 rings (SSSR count). The zero-order chi connectivity index (χ0) is 17.7. The quantitative estimate of drug-likeness (QED) is 0.406. The third-order valence-electron chi connectivity index (χ3n) is 2.99. The second-order valence-corrected chi connectivity index (χ2v) is 8.85. The van der Waals surface area contributed by atoms with Gasteiger partial charge >= 0.3 is 5.97 Å². The highest BCUT2D eigenvalue weighted by molar-refractivity contribution is 7.99. The number of rotatable bonds is 6. The third-order valence-corrected chi connectivity index (χ3v) is 5.81. The zero-order valence-corrected chi connectivity index (χ0v) is 15.8. The molecular weight excluding hydrogens is 391 g/mol. The van der Waals surface area contributed by atoms with Crippen LogP contribution in [0.25, 0.3) is 0 Å². The average Bonchev–Trinajstić information content (AvgIpc) is 2.53. The van der Waals surface area contributed by atoms with Crippen molar-refractivity contribution in [3.05, 3.63) is 58.1 Å². The first-order chi connectivity index (χ1) is 11.3. The van der Waals surface area contributed by atoms with Crippen LogP contribution < -0.4 is 0 Å². The molecular formula is C16H14Cl2O4S2. The summed E-state index contributed by atoms with van der Waals surface area (Å²) in [5, 5.41) is 1.18. The first kappa shape index (κ1) is 19.1. The van der Waals surface area contributed by atoms with Gasteiger partial charge < -0.3 is 4.74 Å². The van der Waals surface area contributed by atoms with Crippen molar-refractivity contribution in [2.24, 2.45) is 0 Å². The summed E-state index contributed by atoms with van der Waals surface area (Å²) < 4.78 is 27.9. The van der Waals surface area contributed by atoms with Crippen molar-refractivity contribution in [2.75, 3.05) is 18.6 Å². The summed E-state index contributed by atoms with van der Waals surface area (Å²) in [6.07, 6.45) is 1.11. The van der Waals surface area contributed by atoms with Crippen LogP contribution in [0.1, 0.15) is 10.4 Å². The Labute approximate surface area is 155 Å². The predicted octanol–water partition coefficient (Wildman–Crippen LogP) is 4.35. The summed E-state index contributed by atoms with van der Waals surface area (Å²) in [7, 11) is -3.28. The van der Waals surface area contributed by atoms with E-state index in [4.69, 9.17) is 27.9 Å². The summed E-state index contributed by atoms with van der Waals surface area (Å²) in [6, 6.07) is 10.8. The van der Waals surface area contributed by atoms with E-state index in [1.54, 1.807) is 18.2 Å². The van der Waals surface area contributed by atoms with Crippen LogP contribution in [-0.2, 0) is 14.6 Å². The molecule has 0 aliphatic heterocycles. The molecule has 0 N–H and O–H groups in total. The van der Waals surface area contributed by atoms with Gasteiger partial charge in [0.2, 0.25) is 0 Å². The number of ether oxygens (including phenoxy) is 1. The van der Waals surface area contributed by atoms with E-state index >= 15 is 0 Å². The van der Waals surface area contributed by atoms with Gasteiger partial charge in [0.25, 0.3) is 0 Å². The Morgan fingerprint density at radius 3 is 2.42 bits per heavy atom. The van der Waals surface area contributed by atoms with Gasteiger partial charge in [-0.05, 0) is 42.5 Å². The number of benzene rings is 2. The van der Waals surface area contributed by atoms with Crippen molar-refractivity contribution < 1.29 is 17.9 Å². The van der Waals surface area contributed by atoms with E-state index in [2.05, 4.69) is 0 Å². The van der Waals surface area contributed by atoms with Gasteiger partial charge in [-0.3, -0.25) is 0 Å². The Kier molecular flexibility index (Phi) is 6.57. The maximum absolute atomic E-state index is 11.9. The standard InChI is InChI=1S/C16H14Cl2O4S2/c1-24(20,21)13-5-2-11(3-6-13)16(19)22-8-9-23-15-10-12(17)4-7-14(15)18/h2-7,10H,8-9H2,1H3. The third kappa shape index (κ3) is 5.41. The lowest BCUT2D eigenvalue weighted by Gasteiger charge is -2.07.